The molecule has 0 spiro atoms. The van der Waals surface area contributed by atoms with E-state index in [0.717, 1.165) is 205 Å². The van der Waals surface area contributed by atoms with Crippen LogP contribution in [0.4, 0.5) is 0 Å². The smallest absolute Gasteiger partial charge is 0.325 e. The molecule has 0 aliphatic carbocycles. The third-order valence-electron chi connectivity index (χ3n) is 27.1. The van der Waals surface area contributed by atoms with Gasteiger partial charge in [0.15, 0.2) is 0 Å². The first kappa shape index (κ1) is 88.8. The number of carbonyl (C=O) groups is 4. The number of aryl methyl sites for hydroxylation is 5. The first-order chi connectivity index (χ1) is 64.1. The summed E-state index contributed by atoms with van der Waals surface area (Å²) in [5.74, 6) is 3.37. The van der Waals surface area contributed by atoms with Crippen molar-refractivity contribution in [2.45, 2.75) is 129 Å². The zero-order valence-electron chi connectivity index (χ0n) is 75.0. The zero-order chi connectivity index (χ0) is 89.9. The lowest BCUT2D eigenvalue weighted by molar-refractivity contribution is -0.133. The Bertz CT molecular complexity index is 6730. The van der Waals surface area contributed by atoms with Gasteiger partial charge in [0.2, 0.25) is 23.6 Å². The van der Waals surface area contributed by atoms with E-state index in [0.29, 0.717) is 60.8 Å². The molecule has 131 heavy (non-hydrogen) atoms. The number of pyridine rings is 2. The summed E-state index contributed by atoms with van der Waals surface area (Å²) >= 11 is 0. The minimum absolute atomic E-state index is 0.0520. The molecule has 12 heterocycles. The van der Waals surface area contributed by atoms with Gasteiger partial charge in [0.25, 0.3) is 11.1 Å². The Morgan fingerprint density at radius 1 is 0.366 bits per heavy atom. The van der Waals surface area contributed by atoms with Gasteiger partial charge in [-0.05, 0) is 237 Å². The molecule has 8 aromatic carbocycles. The first-order valence-corrected chi connectivity index (χ1v) is 46.6. The summed E-state index contributed by atoms with van der Waals surface area (Å²) in [6.07, 6.45) is 30.4. The lowest BCUT2D eigenvalue weighted by Crippen LogP contribution is -2.40. The van der Waals surface area contributed by atoms with E-state index in [2.05, 4.69) is 188 Å². The van der Waals surface area contributed by atoms with Crippen molar-refractivity contribution >= 4 is 67.2 Å². The number of aromatic amines is 3. The molecule has 16 aromatic rings. The molecule has 20 rings (SSSR count). The number of benzene rings is 8. The number of hydrogen-bond acceptors (Lipinski definition) is 9. The largest absolute Gasteiger partial charge is 0.347 e. The second-order valence-corrected chi connectivity index (χ2v) is 35.8. The van der Waals surface area contributed by atoms with Crippen molar-refractivity contribution in [2.24, 2.45) is 30.7 Å². The monoisotopic (exact) mass is 1740 g/mol. The number of nitrogens with one attached hydrogen (secondary N) is 3. The van der Waals surface area contributed by atoms with Crippen LogP contribution < -0.4 is 16.8 Å². The summed E-state index contributed by atoms with van der Waals surface area (Å²) in [7, 11) is 1.97. The number of amides is 4. The molecular formula is C110H116N14O7. The Kier molecular flexibility index (Phi) is 28.7. The highest BCUT2D eigenvalue weighted by molar-refractivity contribution is 5.89. The summed E-state index contributed by atoms with van der Waals surface area (Å²) in [5, 5.41) is 9.00. The van der Waals surface area contributed by atoms with Crippen LogP contribution in [0, 0.1) is 30.6 Å². The predicted octanol–water partition coefficient (Wildman–Crippen LogP) is 18.8. The number of hydrogen-bond donors (Lipinski definition) is 3. The van der Waals surface area contributed by atoms with Crippen molar-refractivity contribution in [1.82, 2.24) is 67.6 Å². The van der Waals surface area contributed by atoms with Gasteiger partial charge in [0, 0.05) is 221 Å². The SMILES string of the molecule is Cc1cc[nH]c(=O)c1-c1ccc2c(ccn2CC2CCN(C(=O)CCc3ccccc3)CC2)c1.Cn1nccc1-c1ccc2c(ccn2CC2CCN(C(=O)Cc3ccccc3)CC2)c1.O=C(CCc1ccccc1)N1CCC(Cn2ccc3cc(-c4c[nH]c(=O)[nH]c4=O)ccc32)CC1.O=C(CCc1ccccc1)N1CCC(Cn2ccc3cc(-c4cccnc4)ccc32)CC1. The lowest BCUT2D eigenvalue weighted by Gasteiger charge is -2.32. The van der Waals surface area contributed by atoms with E-state index in [1.54, 1.807) is 12.4 Å². The number of fused-ring (bicyclic) bond motifs is 4. The van der Waals surface area contributed by atoms with E-state index in [1.165, 1.54) is 61.3 Å². The van der Waals surface area contributed by atoms with Gasteiger partial charge in [0.1, 0.15) is 0 Å². The van der Waals surface area contributed by atoms with Crippen molar-refractivity contribution in [1.29, 1.82) is 0 Å². The average Bonchev–Trinajstić information content (AvgIpc) is 1.68. The fraction of sp³-hybridized carbons (Fsp3) is 0.300. The van der Waals surface area contributed by atoms with Crippen LogP contribution in [0.5, 0.6) is 0 Å². The maximum absolute atomic E-state index is 12.7. The zero-order valence-corrected chi connectivity index (χ0v) is 75.0. The molecule has 21 heteroatoms. The fourth-order valence-electron chi connectivity index (χ4n) is 19.5. The third-order valence-corrected chi connectivity index (χ3v) is 27.1. The molecule has 4 aliphatic heterocycles. The van der Waals surface area contributed by atoms with Crippen LogP contribution in [-0.4, -0.2) is 144 Å². The number of nitrogens with zero attached hydrogens (tertiary/aromatic N) is 11. The van der Waals surface area contributed by atoms with Crippen molar-refractivity contribution < 1.29 is 19.2 Å². The molecule has 668 valence electrons. The van der Waals surface area contributed by atoms with Crippen molar-refractivity contribution in [3.63, 3.8) is 0 Å². The molecule has 0 unspecified atom stereocenters. The first-order valence-electron chi connectivity index (χ1n) is 46.6. The number of rotatable bonds is 23. The number of aromatic nitrogens is 10. The van der Waals surface area contributed by atoms with Gasteiger partial charge < -0.3 is 47.8 Å². The Hall–Kier alpha value is -14.2. The van der Waals surface area contributed by atoms with Crippen LogP contribution in [0.1, 0.15) is 98.4 Å². The predicted molar refractivity (Wildman–Crippen MR) is 522 cm³/mol. The molecule has 4 amide bonds. The van der Waals surface area contributed by atoms with E-state index in [4.69, 9.17) is 0 Å². The van der Waals surface area contributed by atoms with Crippen LogP contribution in [0.3, 0.4) is 0 Å². The van der Waals surface area contributed by atoms with E-state index >= 15 is 0 Å². The molecule has 0 radical (unpaired) electrons. The summed E-state index contributed by atoms with van der Waals surface area (Å²) in [4.78, 5) is 106. The average molecular weight is 1750 g/mol. The Morgan fingerprint density at radius 3 is 1.15 bits per heavy atom. The minimum Gasteiger partial charge on any atom is -0.347 e. The summed E-state index contributed by atoms with van der Waals surface area (Å²) in [6.45, 7) is 12.7. The quantitative estimate of drug-likeness (QED) is 0.0552. The second-order valence-electron chi connectivity index (χ2n) is 35.8. The number of carbonyl (C=O) groups excluding carboxylic acids is 4. The number of piperidine rings is 4. The third kappa shape index (κ3) is 22.6. The molecular weight excluding hydrogens is 1630 g/mol. The Labute approximate surface area is 764 Å². The molecule has 0 bridgehead atoms. The molecule has 4 fully saturated rings. The molecule has 21 nitrogen and oxygen atoms in total. The summed E-state index contributed by atoms with van der Waals surface area (Å²) in [5.41, 5.74) is 17.2. The molecule has 4 saturated heterocycles. The van der Waals surface area contributed by atoms with E-state index in [9.17, 15) is 33.6 Å². The Morgan fingerprint density at radius 2 is 0.748 bits per heavy atom. The highest BCUT2D eigenvalue weighted by Gasteiger charge is 2.29. The maximum atomic E-state index is 12.7. The normalized spacial score (nSPS) is 14.7. The van der Waals surface area contributed by atoms with Gasteiger partial charge >= 0.3 is 5.69 Å². The van der Waals surface area contributed by atoms with E-state index in [-0.39, 0.29) is 23.3 Å². The van der Waals surface area contributed by atoms with Crippen LogP contribution in [0.25, 0.3) is 88.2 Å². The number of likely N-dealkylation sites (tertiary alicyclic amines) is 4. The summed E-state index contributed by atoms with van der Waals surface area (Å²) < 4.78 is 11.2. The van der Waals surface area contributed by atoms with Gasteiger partial charge in [0.05, 0.1) is 17.7 Å². The van der Waals surface area contributed by atoms with E-state index < -0.39 is 11.2 Å². The minimum atomic E-state index is -0.509. The van der Waals surface area contributed by atoms with Gasteiger partial charge in [-0.1, -0.05) is 152 Å². The van der Waals surface area contributed by atoms with Crippen molar-refractivity contribution in [2.75, 3.05) is 52.4 Å². The Balaban J connectivity index is 0.000000122. The lowest BCUT2D eigenvalue weighted by atomic mass is 9.96. The van der Waals surface area contributed by atoms with Gasteiger partial charge in [-0.3, -0.25) is 43.4 Å². The van der Waals surface area contributed by atoms with Gasteiger partial charge in [-0.2, -0.15) is 5.10 Å². The highest BCUT2D eigenvalue weighted by atomic mass is 16.2. The van der Waals surface area contributed by atoms with Crippen molar-refractivity contribution in [3.8, 4) is 44.6 Å². The van der Waals surface area contributed by atoms with Crippen LogP contribution in [0.2, 0.25) is 0 Å². The van der Waals surface area contributed by atoms with Gasteiger partial charge in [-0.15, -0.1) is 0 Å². The van der Waals surface area contributed by atoms with Gasteiger partial charge in [-0.25, -0.2) is 4.79 Å². The topological polar surface area (TPSA) is 230 Å². The molecule has 4 aliphatic rings. The van der Waals surface area contributed by atoms with Crippen LogP contribution in [-0.2, 0) is 78.1 Å². The molecule has 0 atom stereocenters. The fourth-order valence-corrected chi connectivity index (χ4v) is 19.5. The highest BCUT2D eigenvalue weighted by Crippen LogP contribution is 2.34. The van der Waals surface area contributed by atoms with Crippen LogP contribution in [0.15, 0.2) is 313 Å². The summed E-state index contributed by atoms with van der Waals surface area (Å²) in [6, 6.07) is 82.9. The maximum Gasteiger partial charge on any atom is 0.325 e. The number of H-pyrrole nitrogens is 3. The molecule has 0 saturated carbocycles. The second kappa shape index (κ2) is 42.4. The van der Waals surface area contributed by atoms with Crippen LogP contribution >= 0.6 is 0 Å². The van der Waals surface area contributed by atoms with Crippen molar-refractivity contribution in [3.05, 3.63) is 357 Å². The molecule has 8 aromatic heterocycles. The standard InChI is InChI=1S/C29H31N3O2.C28H29N3O.C27H28N4O3.C26H28N4O/c1-21-11-15-30-29(34)28(21)25-8-9-26-24(19-25)14-18-32(26)20-23-12-16-31(17-13-23)27(33)10-7-22-5-3-2-4-6-22;32-28(11-8-22-5-2-1-3-6-22)30-16-12-23(13-17-30)21-31-18-14-25-19-24(9-10-27(25)31)26-7-4-15-29-20-26;32-25(9-6-19-4-2-1-3-5-19)30-13-10-20(11-14-30)18-31-15-12-22-16-21(7-8-24(22)31)23-17-28-27(34)29-26(23)33;1-28-24(9-13-27-28)22-7-8-25-23(18-22)12-16-30(25)19-21-10-14-29(15-11-21)26(31)17-20-5-3-2-4-6-20/h2-6,8-9,11,14-15,18-19,23H,7,10,12-13,16-17,20H2,1H3,(H,30,34);1-7,9-10,14-15,18-20,23H,8,11-13,16-17,21H2;1-5,7-8,12,15-17,20H,6,9-11,13-14,18H2,(H2,28,29,33,34);2-9,12-13,16,18,21H,10-11,14-15,17,19H2,1H3. The van der Waals surface area contributed by atoms with E-state index in [1.807, 2.05) is 173 Å². The molecule has 3 N–H and O–H groups in total.